The van der Waals surface area contributed by atoms with Gasteiger partial charge in [-0.3, -0.25) is 0 Å². The van der Waals surface area contributed by atoms with Gasteiger partial charge < -0.3 is 13.3 Å². The van der Waals surface area contributed by atoms with E-state index >= 15 is 0 Å². The minimum absolute atomic E-state index is 0.00452. The van der Waals surface area contributed by atoms with Crippen molar-refractivity contribution in [3.8, 4) is 0 Å². The smallest absolute Gasteiger partial charge is 0.367 e. The first-order valence-electron chi connectivity index (χ1n) is 9.76. The summed E-state index contributed by atoms with van der Waals surface area (Å²) in [4.78, 5) is 0. The zero-order chi connectivity index (χ0) is 19.6. The van der Waals surface area contributed by atoms with Gasteiger partial charge in [0, 0.05) is 23.5 Å². The van der Waals surface area contributed by atoms with Crippen molar-refractivity contribution in [2.75, 3.05) is 0 Å². The molecule has 0 spiro atoms. The Labute approximate surface area is 163 Å². The fourth-order valence-electron chi connectivity index (χ4n) is 3.44. The highest BCUT2D eigenvalue weighted by Gasteiger charge is 2.47. The van der Waals surface area contributed by atoms with Crippen LogP contribution in [-0.4, -0.2) is 27.1 Å². The molecule has 0 saturated heterocycles. The zero-order valence-electron chi connectivity index (χ0n) is 17.2. The third-order valence-corrected chi connectivity index (χ3v) is 7.69. The molecular formula is C23H30O3Si. The van der Waals surface area contributed by atoms with Gasteiger partial charge in [0.2, 0.25) is 0 Å². The van der Waals surface area contributed by atoms with E-state index in [1.54, 1.807) is 0 Å². The molecule has 0 bridgehead atoms. The standard InChI is InChI=1S/C23H30O3Si/c1-16(2)24-27(25-17(3)4,26-18(5)6)23-13-9-12-21-14-19-10-7-8-11-20(19)15-22(21)23/h7-18H,1-6H3. The van der Waals surface area contributed by atoms with Crippen LogP contribution in [0.3, 0.4) is 0 Å². The molecule has 0 fully saturated rings. The van der Waals surface area contributed by atoms with Gasteiger partial charge in [-0.25, -0.2) is 0 Å². The summed E-state index contributed by atoms with van der Waals surface area (Å²) in [6.07, 6.45) is 0.0136. The summed E-state index contributed by atoms with van der Waals surface area (Å²) in [5.41, 5.74) is 0. The van der Waals surface area contributed by atoms with E-state index in [1.165, 1.54) is 16.2 Å². The number of hydrogen-bond acceptors (Lipinski definition) is 3. The predicted octanol–water partition coefficient (Wildman–Crippen LogP) is 5.41. The summed E-state index contributed by atoms with van der Waals surface area (Å²) in [6, 6.07) is 19.2. The number of fused-ring (bicyclic) bond motifs is 2. The van der Waals surface area contributed by atoms with Gasteiger partial charge in [0.05, 0.1) is 0 Å². The van der Waals surface area contributed by atoms with Crippen LogP contribution in [0, 0.1) is 0 Å². The summed E-state index contributed by atoms with van der Waals surface area (Å²) in [5, 5.41) is 5.80. The molecular weight excluding hydrogens is 352 g/mol. The number of hydrogen-bond donors (Lipinski definition) is 0. The maximum Gasteiger partial charge on any atom is 0.538 e. The van der Waals surface area contributed by atoms with E-state index in [0.29, 0.717) is 0 Å². The zero-order valence-corrected chi connectivity index (χ0v) is 18.2. The van der Waals surface area contributed by atoms with Gasteiger partial charge in [-0.1, -0.05) is 42.5 Å². The Morgan fingerprint density at radius 3 is 1.59 bits per heavy atom. The fraction of sp³-hybridized carbons (Fsp3) is 0.391. The summed E-state index contributed by atoms with van der Waals surface area (Å²) in [5.74, 6) is 0. The Bertz CT molecular complexity index is 891. The van der Waals surface area contributed by atoms with Crippen LogP contribution in [0.25, 0.3) is 21.5 Å². The Morgan fingerprint density at radius 1 is 0.593 bits per heavy atom. The second-order valence-corrected chi connectivity index (χ2v) is 10.1. The molecule has 0 heterocycles. The van der Waals surface area contributed by atoms with E-state index in [2.05, 4.69) is 54.6 Å². The van der Waals surface area contributed by atoms with Crippen molar-refractivity contribution in [3.05, 3.63) is 54.6 Å². The topological polar surface area (TPSA) is 27.7 Å². The lowest BCUT2D eigenvalue weighted by Crippen LogP contribution is -2.60. The van der Waals surface area contributed by atoms with Gasteiger partial charge in [-0.05, 0) is 75.2 Å². The number of rotatable bonds is 7. The van der Waals surface area contributed by atoms with E-state index < -0.39 is 8.80 Å². The fourth-order valence-corrected chi connectivity index (χ4v) is 6.69. The van der Waals surface area contributed by atoms with E-state index in [0.717, 1.165) is 10.6 Å². The van der Waals surface area contributed by atoms with Crippen LogP contribution in [0.4, 0.5) is 0 Å². The van der Waals surface area contributed by atoms with Crippen molar-refractivity contribution in [2.24, 2.45) is 0 Å². The van der Waals surface area contributed by atoms with Crippen molar-refractivity contribution in [1.82, 2.24) is 0 Å². The Kier molecular flexibility index (Phi) is 6.01. The monoisotopic (exact) mass is 382 g/mol. The Hall–Kier alpha value is -1.72. The SMILES string of the molecule is CC(C)O[Si](OC(C)C)(OC(C)C)c1cccc2cc3ccccc3cc12. The maximum absolute atomic E-state index is 6.46. The van der Waals surface area contributed by atoms with Crippen molar-refractivity contribution in [2.45, 2.75) is 59.9 Å². The van der Waals surface area contributed by atoms with Crippen LogP contribution in [0.2, 0.25) is 0 Å². The van der Waals surface area contributed by atoms with Crippen LogP contribution in [-0.2, 0) is 13.3 Å². The third-order valence-electron chi connectivity index (χ3n) is 4.25. The molecule has 144 valence electrons. The molecule has 0 saturated carbocycles. The van der Waals surface area contributed by atoms with Gasteiger partial charge in [-0.2, -0.15) is 0 Å². The van der Waals surface area contributed by atoms with Crippen LogP contribution in [0.5, 0.6) is 0 Å². The highest BCUT2D eigenvalue weighted by Crippen LogP contribution is 2.26. The molecule has 0 amide bonds. The molecule has 0 atom stereocenters. The molecule has 4 heteroatoms. The van der Waals surface area contributed by atoms with Gasteiger partial charge in [-0.15, -0.1) is 0 Å². The lowest BCUT2D eigenvalue weighted by Gasteiger charge is -2.35. The van der Waals surface area contributed by atoms with Crippen molar-refractivity contribution >= 4 is 35.5 Å². The maximum atomic E-state index is 6.46. The number of benzene rings is 3. The minimum atomic E-state index is -3.11. The summed E-state index contributed by atoms with van der Waals surface area (Å²) >= 11 is 0. The van der Waals surface area contributed by atoms with Crippen molar-refractivity contribution in [3.63, 3.8) is 0 Å². The first-order chi connectivity index (χ1) is 12.8. The lowest BCUT2D eigenvalue weighted by atomic mass is 10.0. The quantitative estimate of drug-likeness (QED) is 0.404. The molecule has 0 unspecified atom stereocenters. The third kappa shape index (κ3) is 4.41. The first-order valence-corrected chi connectivity index (χ1v) is 11.5. The van der Waals surface area contributed by atoms with E-state index in [9.17, 15) is 0 Å². The molecule has 0 radical (unpaired) electrons. The van der Waals surface area contributed by atoms with Gasteiger partial charge in [0.25, 0.3) is 0 Å². The van der Waals surface area contributed by atoms with Crippen molar-refractivity contribution in [1.29, 1.82) is 0 Å². The minimum Gasteiger partial charge on any atom is -0.367 e. The molecule has 3 nitrogen and oxygen atoms in total. The molecule has 3 aromatic rings. The van der Waals surface area contributed by atoms with Crippen LogP contribution in [0.1, 0.15) is 41.5 Å². The second-order valence-electron chi connectivity index (χ2n) is 7.78. The van der Waals surface area contributed by atoms with E-state index in [1.807, 2.05) is 41.5 Å². The molecule has 27 heavy (non-hydrogen) atoms. The van der Waals surface area contributed by atoms with Crippen molar-refractivity contribution < 1.29 is 13.3 Å². The summed E-state index contributed by atoms with van der Waals surface area (Å²) < 4.78 is 19.4. The average molecular weight is 383 g/mol. The largest absolute Gasteiger partial charge is 0.538 e. The molecule has 0 aliphatic rings. The normalized spacial score (nSPS) is 12.8. The van der Waals surface area contributed by atoms with Crippen LogP contribution < -0.4 is 5.19 Å². The van der Waals surface area contributed by atoms with E-state index in [-0.39, 0.29) is 18.3 Å². The average Bonchev–Trinajstić information content (AvgIpc) is 2.57. The first kappa shape index (κ1) is 20.0. The molecule has 0 N–H and O–H groups in total. The Balaban J connectivity index is 2.28. The highest BCUT2D eigenvalue weighted by atomic mass is 28.4. The lowest BCUT2D eigenvalue weighted by molar-refractivity contribution is 0.0156. The molecule has 0 aromatic heterocycles. The highest BCUT2D eigenvalue weighted by molar-refractivity contribution is 6.77. The summed E-state index contributed by atoms with van der Waals surface area (Å²) in [7, 11) is -3.11. The molecule has 3 aromatic carbocycles. The molecule has 0 aliphatic carbocycles. The second kappa shape index (κ2) is 8.11. The van der Waals surface area contributed by atoms with Crippen LogP contribution in [0.15, 0.2) is 54.6 Å². The van der Waals surface area contributed by atoms with Gasteiger partial charge in [0.1, 0.15) is 0 Å². The van der Waals surface area contributed by atoms with Gasteiger partial charge in [0.15, 0.2) is 0 Å². The molecule has 3 rings (SSSR count). The van der Waals surface area contributed by atoms with E-state index in [4.69, 9.17) is 13.3 Å². The summed E-state index contributed by atoms with van der Waals surface area (Å²) in [6.45, 7) is 12.2. The van der Waals surface area contributed by atoms with Gasteiger partial charge >= 0.3 is 8.80 Å². The van der Waals surface area contributed by atoms with Crippen LogP contribution >= 0.6 is 0 Å². The Morgan fingerprint density at radius 2 is 1.07 bits per heavy atom. The predicted molar refractivity (Wildman–Crippen MR) is 116 cm³/mol. The molecule has 0 aliphatic heterocycles.